The van der Waals surface area contributed by atoms with Crippen molar-refractivity contribution in [2.75, 3.05) is 6.61 Å². The van der Waals surface area contributed by atoms with Crippen molar-refractivity contribution < 1.29 is 19.2 Å². The third-order valence-corrected chi connectivity index (χ3v) is 3.40. The molecule has 0 aliphatic carbocycles. The number of carbonyl (C=O) groups excluding carboxylic acids is 2. The Bertz CT molecular complexity index is 681. The molecule has 1 heterocycles. The molecule has 1 aromatic carbocycles. The third-order valence-electron chi connectivity index (χ3n) is 3.40. The number of urea groups is 1. The molecule has 0 spiro atoms. The van der Waals surface area contributed by atoms with Gasteiger partial charge in [-0.1, -0.05) is 24.8 Å². The molecule has 1 aromatic rings. The molecule has 0 fully saturated rings. The van der Waals surface area contributed by atoms with Crippen LogP contribution in [-0.4, -0.2) is 29.2 Å². The lowest BCUT2D eigenvalue weighted by molar-refractivity contribution is -0.384. The molecule has 0 saturated heterocycles. The molecule has 1 aliphatic rings. The Hall–Kier alpha value is -3.03. The fourth-order valence-electron chi connectivity index (χ4n) is 2.34. The Labute approximate surface area is 132 Å². The SMILES string of the molecule is C=CCOC(=O)C1C(C)=NC(=O)NC1c1ccc([N+](=O)[O-])cc1. The zero-order valence-corrected chi connectivity index (χ0v) is 12.4. The van der Waals surface area contributed by atoms with Crippen LogP contribution in [0.2, 0.25) is 0 Å². The second-order valence-electron chi connectivity index (χ2n) is 4.93. The van der Waals surface area contributed by atoms with Gasteiger partial charge in [0.05, 0.1) is 11.0 Å². The van der Waals surface area contributed by atoms with Gasteiger partial charge in [-0.2, -0.15) is 0 Å². The maximum Gasteiger partial charge on any atom is 0.341 e. The van der Waals surface area contributed by atoms with E-state index in [1.165, 1.54) is 30.3 Å². The van der Waals surface area contributed by atoms with Crippen LogP contribution in [0.5, 0.6) is 0 Å². The van der Waals surface area contributed by atoms with Gasteiger partial charge in [0.25, 0.3) is 5.69 Å². The molecule has 0 aromatic heterocycles. The number of nitro groups is 1. The van der Waals surface area contributed by atoms with Crippen LogP contribution >= 0.6 is 0 Å². The molecule has 2 amide bonds. The van der Waals surface area contributed by atoms with E-state index in [4.69, 9.17) is 4.74 Å². The van der Waals surface area contributed by atoms with E-state index in [0.29, 0.717) is 11.3 Å². The van der Waals surface area contributed by atoms with Crippen molar-refractivity contribution in [2.24, 2.45) is 10.9 Å². The number of rotatable bonds is 5. The van der Waals surface area contributed by atoms with Crippen molar-refractivity contribution in [1.29, 1.82) is 0 Å². The van der Waals surface area contributed by atoms with E-state index in [9.17, 15) is 19.7 Å². The lowest BCUT2D eigenvalue weighted by atomic mass is 9.88. The number of hydrogen-bond acceptors (Lipinski definition) is 5. The molecule has 0 radical (unpaired) electrons. The first kappa shape index (κ1) is 16.3. The summed E-state index contributed by atoms with van der Waals surface area (Å²) in [5.74, 6) is -1.34. The standard InChI is InChI=1S/C15H15N3O5/c1-3-8-23-14(19)12-9(2)16-15(20)17-13(12)10-4-6-11(7-5-10)18(21)22/h3-7,12-13H,1,8H2,2H3,(H,17,20). The molecule has 2 unspecified atom stereocenters. The summed E-state index contributed by atoms with van der Waals surface area (Å²) in [7, 11) is 0. The van der Waals surface area contributed by atoms with E-state index in [2.05, 4.69) is 16.9 Å². The van der Waals surface area contributed by atoms with Gasteiger partial charge in [-0.25, -0.2) is 9.79 Å². The Morgan fingerprint density at radius 2 is 2.13 bits per heavy atom. The number of carbonyl (C=O) groups is 2. The number of benzene rings is 1. The van der Waals surface area contributed by atoms with Gasteiger partial charge in [-0.15, -0.1) is 0 Å². The van der Waals surface area contributed by atoms with E-state index in [1.54, 1.807) is 6.92 Å². The summed E-state index contributed by atoms with van der Waals surface area (Å²) in [6.45, 7) is 5.08. The highest BCUT2D eigenvalue weighted by atomic mass is 16.6. The van der Waals surface area contributed by atoms with Crippen molar-refractivity contribution in [2.45, 2.75) is 13.0 Å². The van der Waals surface area contributed by atoms with Crippen LogP contribution in [-0.2, 0) is 9.53 Å². The third kappa shape index (κ3) is 3.60. The molecule has 2 atom stereocenters. The first-order valence-corrected chi connectivity index (χ1v) is 6.81. The topological polar surface area (TPSA) is 111 Å². The Morgan fingerprint density at radius 3 is 2.70 bits per heavy atom. The Balaban J connectivity index is 2.34. The molecule has 1 aliphatic heterocycles. The summed E-state index contributed by atoms with van der Waals surface area (Å²) < 4.78 is 5.05. The van der Waals surface area contributed by atoms with Crippen molar-refractivity contribution in [3.63, 3.8) is 0 Å². The number of nitrogens with one attached hydrogen (secondary N) is 1. The lowest BCUT2D eigenvalue weighted by Gasteiger charge is -2.29. The second-order valence-corrected chi connectivity index (χ2v) is 4.93. The maximum absolute atomic E-state index is 12.2. The van der Waals surface area contributed by atoms with Gasteiger partial charge in [0.1, 0.15) is 12.5 Å². The number of non-ortho nitro benzene ring substituents is 1. The highest BCUT2D eigenvalue weighted by Crippen LogP contribution is 2.29. The number of amides is 2. The first-order chi connectivity index (χ1) is 10.9. The molecule has 0 bridgehead atoms. The summed E-state index contributed by atoms with van der Waals surface area (Å²) in [6.07, 6.45) is 1.44. The van der Waals surface area contributed by atoms with E-state index >= 15 is 0 Å². The minimum atomic E-state index is -0.797. The van der Waals surface area contributed by atoms with Gasteiger partial charge in [0, 0.05) is 17.8 Å². The number of nitro benzene ring substituents is 1. The van der Waals surface area contributed by atoms with Gasteiger partial charge >= 0.3 is 12.0 Å². The largest absolute Gasteiger partial charge is 0.461 e. The highest BCUT2D eigenvalue weighted by Gasteiger charge is 2.38. The summed E-state index contributed by atoms with van der Waals surface area (Å²) in [6, 6.07) is 4.35. The molecule has 23 heavy (non-hydrogen) atoms. The lowest BCUT2D eigenvalue weighted by Crippen LogP contribution is -2.44. The smallest absolute Gasteiger partial charge is 0.341 e. The van der Waals surface area contributed by atoms with Crippen LogP contribution in [0.25, 0.3) is 0 Å². The summed E-state index contributed by atoms with van der Waals surface area (Å²) in [5.41, 5.74) is 0.803. The number of ether oxygens (including phenoxy) is 1. The van der Waals surface area contributed by atoms with Crippen LogP contribution in [0.15, 0.2) is 41.9 Å². The van der Waals surface area contributed by atoms with Crippen LogP contribution < -0.4 is 5.32 Å². The summed E-state index contributed by atoms with van der Waals surface area (Å²) in [4.78, 5) is 37.8. The van der Waals surface area contributed by atoms with Crippen molar-refractivity contribution >= 4 is 23.4 Å². The number of hydrogen-bond donors (Lipinski definition) is 1. The van der Waals surface area contributed by atoms with Gasteiger partial charge in [-0.3, -0.25) is 14.9 Å². The fourth-order valence-corrected chi connectivity index (χ4v) is 2.34. The van der Waals surface area contributed by atoms with E-state index < -0.39 is 28.9 Å². The van der Waals surface area contributed by atoms with E-state index in [0.717, 1.165) is 0 Å². The van der Waals surface area contributed by atoms with Crippen LogP contribution in [0.1, 0.15) is 18.5 Å². The molecule has 8 heteroatoms. The zero-order chi connectivity index (χ0) is 17.0. The molecular weight excluding hydrogens is 302 g/mol. The fraction of sp³-hybridized carbons (Fsp3) is 0.267. The Kier molecular flexibility index (Phi) is 4.85. The predicted octanol–water partition coefficient (Wildman–Crippen LogP) is 2.17. The van der Waals surface area contributed by atoms with Gasteiger partial charge in [-0.05, 0) is 12.5 Å². The van der Waals surface area contributed by atoms with Crippen molar-refractivity contribution in [1.82, 2.24) is 5.32 Å². The molecular formula is C15H15N3O5. The highest BCUT2D eigenvalue weighted by molar-refractivity contribution is 6.08. The average Bonchev–Trinajstić information content (AvgIpc) is 2.52. The zero-order valence-electron chi connectivity index (χ0n) is 12.4. The first-order valence-electron chi connectivity index (χ1n) is 6.81. The number of nitrogens with zero attached hydrogens (tertiary/aromatic N) is 2. The van der Waals surface area contributed by atoms with Crippen LogP contribution in [0.4, 0.5) is 10.5 Å². The molecule has 120 valence electrons. The number of esters is 1. The second kappa shape index (κ2) is 6.82. The molecule has 1 N–H and O–H groups in total. The normalized spacial score (nSPS) is 20.2. The van der Waals surface area contributed by atoms with Crippen LogP contribution in [0.3, 0.4) is 0 Å². The van der Waals surface area contributed by atoms with Crippen molar-refractivity contribution in [3.05, 3.63) is 52.6 Å². The summed E-state index contributed by atoms with van der Waals surface area (Å²) in [5, 5.41) is 13.3. The number of aliphatic imine (C=N–C) groups is 1. The van der Waals surface area contributed by atoms with Crippen molar-refractivity contribution in [3.8, 4) is 0 Å². The van der Waals surface area contributed by atoms with Gasteiger partial charge in [0.15, 0.2) is 0 Å². The van der Waals surface area contributed by atoms with E-state index in [-0.39, 0.29) is 12.3 Å². The monoisotopic (exact) mass is 317 g/mol. The van der Waals surface area contributed by atoms with Crippen LogP contribution in [0, 0.1) is 16.0 Å². The minimum absolute atomic E-state index is 0.0452. The maximum atomic E-state index is 12.2. The quantitative estimate of drug-likeness (QED) is 0.387. The van der Waals surface area contributed by atoms with Gasteiger partial charge < -0.3 is 10.1 Å². The van der Waals surface area contributed by atoms with E-state index in [1.807, 2.05) is 0 Å². The minimum Gasteiger partial charge on any atom is -0.461 e. The summed E-state index contributed by atoms with van der Waals surface area (Å²) >= 11 is 0. The predicted molar refractivity (Wildman–Crippen MR) is 82.1 cm³/mol. The molecule has 2 rings (SSSR count). The Morgan fingerprint density at radius 1 is 1.48 bits per heavy atom. The molecule has 0 saturated carbocycles. The average molecular weight is 317 g/mol. The molecule has 8 nitrogen and oxygen atoms in total. The van der Waals surface area contributed by atoms with Gasteiger partial charge in [0.2, 0.25) is 0 Å².